The molecule has 3 rings (SSSR count). The van der Waals surface area contributed by atoms with E-state index in [2.05, 4.69) is 40.2 Å². The molecule has 0 spiro atoms. The van der Waals surface area contributed by atoms with Crippen LogP contribution in [0.15, 0.2) is 24.3 Å². The first-order valence-corrected chi connectivity index (χ1v) is 9.44. The number of nitrogens with one attached hydrogen (secondary N) is 1. The van der Waals surface area contributed by atoms with Gasteiger partial charge in [0.25, 0.3) is 0 Å². The molecule has 1 atom stereocenters. The van der Waals surface area contributed by atoms with Crippen LogP contribution in [0.4, 0.5) is 0 Å². The van der Waals surface area contributed by atoms with Crippen molar-refractivity contribution in [3.8, 4) is 6.07 Å². The number of carbonyl (C=O) groups is 1. The minimum atomic E-state index is 0.00271. The summed E-state index contributed by atoms with van der Waals surface area (Å²) in [5, 5.41) is 12.4. The summed E-state index contributed by atoms with van der Waals surface area (Å²) in [4.78, 5) is 21.2. The molecule has 2 heterocycles. The molecule has 0 unspecified atom stereocenters. The fourth-order valence-electron chi connectivity index (χ4n) is 3.05. The molecule has 1 aromatic carbocycles. The quantitative estimate of drug-likeness (QED) is 0.801. The molecule has 1 aromatic heterocycles. The summed E-state index contributed by atoms with van der Waals surface area (Å²) < 4.78 is 1.23. The summed E-state index contributed by atoms with van der Waals surface area (Å²) >= 11 is 1.76. The van der Waals surface area contributed by atoms with Crippen LogP contribution in [0.5, 0.6) is 0 Å². The molecule has 6 nitrogen and oxygen atoms in total. The largest absolute Gasteiger partial charge is 0.354 e. The normalized spacial score (nSPS) is 17.3. The van der Waals surface area contributed by atoms with Crippen molar-refractivity contribution in [2.45, 2.75) is 19.4 Å². The highest BCUT2D eigenvalue weighted by atomic mass is 32.1. The summed E-state index contributed by atoms with van der Waals surface area (Å²) in [6, 6.07) is 10.6. The number of rotatable bonds is 6. The van der Waals surface area contributed by atoms with Crippen LogP contribution in [0, 0.1) is 11.3 Å². The van der Waals surface area contributed by atoms with Crippen molar-refractivity contribution < 1.29 is 4.79 Å². The van der Waals surface area contributed by atoms with Gasteiger partial charge in [-0.1, -0.05) is 12.1 Å². The third-order valence-electron chi connectivity index (χ3n) is 4.55. The maximum absolute atomic E-state index is 11.8. The molecule has 1 aliphatic heterocycles. The molecule has 7 heteroatoms. The fourth-order valence-corrected chi connectivity index (χ4v) is 4.10. The summed E-state index contributed by atoms with van der Waals surface area (Å²) in [5.74, 6) is 0.00271. The first-order valence-electron chi connectivity index (χ1n) is 8.63. The van der Waals surface area contributed by atoms with Crippen molar-refractivity contribution in [1.29, 1.82) is 5.26 Å². The van der Waals surface area contributed by atoms with Gasteiger partial charge in [0.2, 0.25) is 5.91 Å². The van der Waals surface area contributed by atoms with Crippen LogP contribution >= 0.6 is 11.3 Å². The molecule has 0 saturated carbocycles. The molecule has 1 amide bonds. The lowest BCUT2D eigenvalue weighted by Crippen LogP contribution is -2.50. The average Bonchev–Trinajstić information content (AvgIpc) is 3.06. The zero-order valence-corrected chi connectivity index (χ0v) is 15.3. The molecule has 2 aromatic rings. The zero-order valence-electron chi connectivity index (χ0n) is 14.4. The van der Waals surface area contributed by atoms with Gasteiger partial charge in [-0.2, -0.15) is 5.26 Å². The van der Waals surface area contributed by atoms with E-state index in [1.807, 2.05) is 12.1 Å². The zero-order chi connectivity index (χ0) is 17.6. The van der Waals surface area contributed by atoms with E-state index in [9.17, 15) is 4.79 Å². The Kier molecular flexibility index (Phi) is 5.97. The minimum Gasteiger partial charge on any atom is -0.354 e. The van der Waals surface area contributed by atoms with Gasteiger partial charge in [0.1, 0.15) is 5.01 Å². The van der Waals surface area contributed by atoms with E-state index in [0.717, 1.165) is 36.7 Å². The van der Waals surface area contributed by atoms with Gasteiger partial charge < -0.3 is 5.32 Å². The van der Waals surface area contributed by atoms with Crippen LogP contribution in [0.2, 0.25) is 0 Å². The summed E-state index contributed by atoms with van der Waals surface area (Å²) in [7, 11) is 0. The first-order chi connectivity index (χ1) is 12.2. The Morgan fingerprint density at radius 1 is 1.36 bits per heavy atom. The minimum absolute atomic E-state index is 0.00271. The molecule has 132 valence electrons. The van der Waals surface area contributed by atoms with Gasteiger partial charge in [-0.3, -0.25) is 14.6 Å². The molecule has 0 bridgehead atoms. The SMILES string of the molecule is C[C@@H](c1nc2ccccc2s1)N1CCN(CC(=O)NCCC#N)CC1. The number of aromatic nitrogens is 1. The highest BCUT2D eigenvalue weighted by Gasteiger charge is 2.24. The number of para-hydroxylation sites is 1. The number of amides is 1. The topological polar surface area (TPSA) is 72.3 Å². The maximum Gasteiger partial charge on any atom is 0.234 e. The summed E-state index contributed by atoms with van der Waals surface area (Å²) in [6.45, 7) is 6.67. The average molecular weight is 357 g/mol. The van der Waals surface area contributed by atoms with Crippen molar-refractivity contribution in [3.63, 3.8) is 0 Å². The van der Waals surface area contributed by atoms with E-state index in [4.69, 9.17) is 10.2 Å². The van der Waals surface area contributed by atoms with Gasteiger partial charge in [-0.15, -0.1) is 11.3 Å². The lowest BCUT2D eigenvalue weighted by molar-refractivity contribution is -0.122. The number of thiazole rings is 1. The Bertz CT molecular complexity index is 727. The Balaban J connectivity index is 1.50. The Morgan fingerprint density at radius 2 is 2.12 bits per heavy atom. The number of hydrogen-bond acceptors (Lipinski definition) is 6. The smallest absolute Gasteiger partial charge is 0.234 e. The van der Waals surface area contributed by atoms with Crippen molar-refractivity contribution >= 4 is 27.5 Å². The molecule has 25 heavy (non-hydrogen) atoms. The maximum atomic E-state index is 11.8. The monoisotopic (exact) mass is 357 g/mol. The van der Waals surface area contributed by atoms with Gasteiger partial charge in [0, 0.05) is 32.7 Å². The number of nitrogens with zero attached hydrogens (tertiary/aromatic N) is 4. The molecule has 1 aliphatic rings. The van der Waals surface area contributed by atoms with E-state index in [-0.39, 0.29) is 5.91 Å². The molecule has 0 radical (unpaired) electrons. The highest BCUT2D eigenvalue weighted by Crippen LogP contribution is 2.29. The Labute approximate surface area is 152 Å². The van der Waals surface area contributed by atoms with E-state index < -0.39 is 0 Å². The Morgan fingerprint density at radius 3 is 2.84 bits per heavy atom. The van der Waals surface area contributed by atoms with Gasteiger partial charge in [-0.05, 0) is 19.1 Å². The second-order valence-electron chi connectivity index (χ2n) is 6.27. The summed E-state index contributed by atoms with van der Waals surface area (Å²) in [6.07, 6.45) is 0.360. The van der Waals surface area contributed by atoms with Crippen LogP contribution in [-0.2, 0) is 4.79 Å². The van der Waals surface area contributed by atoms with E-state index in [0.29, 0.717) is 25.6 Å². The van der Waals surface area contributed by atoms with Crippen LogP contribution in [0.25, 0.3) is 10.2 Å². The summed E-state index contributed by atoms with van der Waals surface area (Å²) in [5.41, 5.74) is 1.07. The molecule has 1 saturated heterocycles. The van der Waals surface area contributed by atoms with Crippen molar-refractivity contribution in [1.82, 2.24) is 20.1 Å². The molecule has 1 fully saturated rings. The lowest BCUT2D eigenvalue weighted by atomic mass is 10.2. The standard InChI is InChI=1S/C18H23N5OS/c1-14(18-21-15-5-2-3-6-16(15)25-18)23-11-9-22(10-12-23)13-17(24)20-8-4-7-19/h2-3,5-6,14H,4,8-13H2,1H3,(H,20,24)/t14-/m0/s1. The third-order valence-corrected chi connectivity index (χ3v) is 5.76. The molecular formula is C18H23N5OS. The van der Waals surface area contributed by atoms with Gasteiger partial charge in [-0.25, -0.2) is 4.98 Å². The second-order valence-corrected chi connectivity index (χ2v) is 7.33. The predicted octanol–water partition coefficient (Wildman–Crippen LogP) is 2.00. The van der Waals surface area contributed by atoms with Crippen LogP contribution in [-0.4, -0.2) is 60.0 Å². The molecular weight excluding hydrogens is 334 g/mol. The lowest BCUT2D eigenvalue weighted by Gasteiger charge is -2.37. The number of piperazine rings is 1. The van der Waals surface area contributed by atoms with E-state index in [1.165, 1.54) is 4.70 Å². The molecule has 1 N–H and O–H groups in total. The number of hydrogen-bond donors (Lipinski definition) is 1. The second kappa shape index (κ2) is 8.39. The molecule has 0 aliphatic carbocycles. The third kappa shape index (κ3) is 4.54. The number of fused-ring (bicyclic) bond motifs is 1. The highest BCUT2D eigenvalue weighted by molar-refractivity contribution is 7.18. The van der Waals surface area contributed by atoms with Crippen LogP contribution in [0.1, 0.15) is 24.4 Å². The number of carbonyl (C=O) groups excluding carboxylic acids is 1. The van der Waals surface area contributed by atoms with Gasteiger partial charge in [0.15, 0.2) is 0 Å². The van der Waals surface area contributed by atoms with Gasteiger partial charge >= 0.3 is 0 Å². The predicted molar refractivity (Wildman–Crippen MR) is 99.3 cm³/mol. The fraction of sp³-hybridized carbons (Fsp3) is 0.500. The van der Waals surface area contributed by atoms with Gasteiger partial charge in [0.05, 0.1) is 35.3 Å². The van der Waals surface area contributed by atoms with Crippen molar-refractivity contribution in [2.24, 2.45) is 0 Å². The van der Waals surface area contributed by atoms with E-state index >= 15 is 0 Å². The number of nitriles is 1. The van der Waals surface area contributed by atoms with Crippen LogP contribution in [0.3, 0.4) is 0 Å². The first kappa shape index (κ1) is 17.8. The van der Waals surface area contributed by atoms with Crippen molar-refractivity contribution in [3.05, 3.63) is 29.3 Å². The van der Waals surface area contributed by atoms with Crippen molar-refractivity contribution in [2.75, 3.05) is 39.3 Å². The Hall–Kier alpha value is -2.01. The van der Waals surface area contributed by atoms with Crippen LogP contribution < -0.4 is 5.32 Å². The number of benzene rings is 1. The van der Waals surface area contributed by atoms with E-state index in [1.54, 1.807) is 11.3 Å².